The summed E-state index contributed by atoms with van der Waals surface area (Å²) < 4.78 is 0. The first kappa shape index (κ1) is 12.4. The maximum Gasteiger partial charge on any atom is 0.186 e. The van der Waals surface area contributed by atoms with Crippen LogP contribution in [0.25, 0.3) is 16.8 Å². The van der Waals surface area contributed by atoms with Crippen LogP contribution in [0.2, 0.25) is 0 Å². The van der Waals surface area contributed by atoms with Crippen LogP contribution in [0.5, 0.6) is 0 Å². The number of rotatable bonds is 3. The van der Waals surface area contributed by atoms with Gasteiger partial charge in [-0.05, 0) is 22.4 Å². The number of carbonyl (C=O) groups is 1. The summed E-state index contributed by atoms with van der Waals surface area (Å²) in [5, 5.41) is 2.09. The minimum atomic E-state index is 0.0330. The summed E-state index contributed by atoms with van der Waals surface area (Å²) in [6, 6.07) is 23.6. The molecule has 1 heteroatoms. The van der Waals surface area contributed by atoms with E-state index >= 15 is 0 Å². The third kappa shape index (κ3) is 2.52. The van der Waals surface area contributed by atoms with Crippen molar-refractivity contribution in [2.24, 2.45) is 0 Å². The number of hydrogen-bond donors (Lipinski definition) is 0. The van der Waals surface area contributed by atoms with Gasteiger partial charge in [0.15, 0.2) is 5.78 Å². The van der Waals surface area contributed by atoms with Crippen molar-refractivity contribution in [2.75, 3.05) is 0 Å². The molecule has 0 aromatic heterocycles. The first-order valence-electron chi connectivity index (χ1n) is 6.60. The topological polar surface area (TPSA) is 17.1 Å². The fraction of sp³-hybridized carbons (Fsp3) is 0. The normalized spacial score (nSPS) is 11.0. The number of ketones is 1. The summed E-state index contributed by atoms with van der Waals surface area (Å²) in [5.41, 5.74) is 1.77. The van der Waals surface area contributed by atoms with E-state index in [0.29, 0.717) is 0 Å². The number of hydrogen-bond acceptors (Lipinski definition) is 1. The second-order valence-corrected chi connectivity index (χ2v) is 4.63. The van der Waals surface area contributed by atoms with Gasteiger partial charge in [0.2, 0.25) is 0 Å². The van der Waals surface area contributed by atoms with Gasteiger partial charge < -0.3 is 0 Å². The first-order valence-corrected chi connectivity index (χ1v) is 6.60. The van der Waals surface area contributed by atoms with Gasteiger partial charge in [-0.1, -0.05) is 78.9 Å². The molecule has 0 aliphatic rings. The van der Waals surface area contributed by atoms with Crippen LogP contribution in [-0.2, 0) is 0 Å². The van der Waals surface area contributed by atoms with Crippen LogP contribution in [0, 0.1) is 0 Å². The largest absolute Gasteiger partial charge is 0.289 e. The minimum Gasteiger partial charge on any atom is -0.289 e. The molecule has 0 bridgehead atoms. The highest BCUT2D eigenvalue weighted by Crippen LogP contribution is 2.19. The van der Waals surface area contributed by atoms with E-state index in [-0.39, 0.29) is 5.78 Å². The highest BCUT2D eigenvalue weighted by molar-refractivity contribution is 6.14. The van der Waals surface area contributed by atoms with Gasteiger partial charge in [0.05, 0.1) is 0 Å². The van der Waals surface area contributed by atoms with Crippen LogP contribution in [-0.4, -0.2) is 5.78 Å². The summed E-state index contributed by atoms with van der Waals surface area (Å²) in [6.07, 6.45) is 3.49. The lowest BCUT2D eigenvalue weighted by Crippen LogP contribution is -1.95. The van der Waals surface area contributed by atoms with Crippen LogP contribution >= 0.6 is 0 Å². The van der Waals surface area contributed by atoms with E-state index in [9.17, 15) is 4.79 Å². The van der Waals surface area contributed by atoms with E-state index in [2.05, 4.69) is 0 Å². The average Bonchev–Trinajstić information content (AvgIpc) is 2.53. The zero-order chi connectivity index (χ0) is 13.8. The number of benzene rings is 3. The number of fused-ring (bicyclic) bond motifs is 1. The van der Waals surface area contributed by atoms with Crippen LogP contribution in [0.1, 0.15) is 15.9 Å². The lowest BCUT2D eigenvalue weighted by atomic mass is 10.0. The molecule has 1 nitrogen and oxygen atoms in total. The van der Waals surface area contributed by atoms with Crippen molar-refractivity contribution in [2.45, 2.75) is 0 Å². The van der Waals surface area contributed by atoms with Gasteiger partial charge in [0.1, 0.15) is 0 Å². The Morgan fingerprint density at radius 2 is 1.45 bits per heavy atom. The van der Waals surface area contributed by atoms with Crippen molar-refractivity contribution >= 4 is 22.6 Å². The van der Waals surface area contributed by atoms with Gasteiger partial charge in [-0.3, -0.25) is 4.79 Å². The maximum absolute atomic E-state index is 12.3. The third-order valence-electron chi connectivity index (χ3n) is 3.28. The molecule has 3 aromatic carbocycles. The van der Waals surface area contributed by atoms with E-state index in [0.717, 1.165) is 21.9 Å². The van der Waals surface area contributed by atoms with Gasteiger partial charge >= 0.3 is 0 Å². The Balaban J connectivity index is 1.95. The molecule has 0 saturated carbocycles. The molecule has 0 fully saturated rings. The summed E-state index contributed by atoms with van der Waals surface area (Å²) in [7, 11) is 0. The molecule has 0 aliphatic carbocycles. The Kier molecular flexibility index (Phi) is 3.42. The standard InChI is InChI=1S/C19H14O/c20-19(14-13-15-7-2-1-3-8-15)18-12-6-10-16-9-4-5-11-17(16)18/h1-14H/b14-13+. The molecule has 0 spiro atoms. The highest BCUT2D eigenvalue weighted by atomic mass is 16.1. The van der Waals surface area contributed by atoms with Gasteiger partial charge in [0, 0.05) is 5.56 Å². The van der Waals surface area contributed by atoms with Gasteiger partial charge in [-0.25, -0.2) is 0 Å². The van der Waals surface area contributed by atoms with Crippen LogP contribution in [0.15, 0.2) is 78.9 Å². The Labute approximate surface area is 118 Å². The molecule has 0 aliphatic heterocycles. The maximum atomic E-state index is 12.3. The first-order chi connectivity index (χ1) is 9.84. The fourth-order valence-electron chi connectivity index (χ4n) is 2.27. The van der Waals surface area contributed by atoms with Gasteiger partial charge in [0.25, 0.3) is 0 Å². The molecule has 0 saturated heterocycles. The minimum absolute atomic E-state index is 0.0330. The molecule has 3 rings (SSSR count). The predicted molar refractivity (Wildman–Crippen MR) is 83.8 cm³/mol. The molecule has 0 heterocycles. The zero-order valence-corrected chi connectivity index (χ0v) is 11.0. The summed E-state index contributed by atoms with van der Waals surface area (Å²) in [5.74, 6) is 0.0330. The Hall–Kier alpha value is -2.67. The third-order valence-corrected chi connectivity index (χ3v) is 3.28. The van der Waals surface area contributed by atoms with E-state index in [1.807, 2.05) is 78.9 Å². The molecule has 0 N–H and O–H groups in total. The van der Waals surface area contributed by atoms with Crippen molar-refractivity contribution in [1.82, 2.24) is 0 Å². The van der Waals surface area contributed by atoms with Gasteiger partial charge in [-0.15, -0.1) is 0 Å². The highest BCUT2D eigenvalue weighted by Gasteiger charge is 2.06. The second-order valence-electron chi connectivity index (χ2n) is 4.63. The second kappa shape index (κ2) is 5.54. The lowest BCUT2D eigenvalue weighted by molar-refractivity contribution is 0.104. The molecular formula is C19H14O. The molecule has 0 radical (unpaired) electrons. The summed E-state index contributed by atoms with van der Waals surface area (Å²) >= 11 is 0. The van der Waals surface area contributed by atoms with E-state index < -0.39 is 0 Å². The molecule has 0 unspecified atom stereocenters. The van der Waals surface area contributed by atoms with E-state index in [4.69, 9.17) is 0 Å². The van der Waals surface area contributed by atoms with Crippen molar-refractivity contribution < 1.29 is 4.79 Å². The SMILES string of the molecule is O=C(/C=C/c1ccccc1)c1cccc2ccccc12. The molecule has 0 amide bonds. The molecular weight excluding hydrogens is 244 g/mol. The Morgan fingerprint density at radius 1 is 0.750 bits per heavy atom. The summed E-state index contributed by atoms with van der Waals surface area (Å²) in [6.45, 7) is 0. The fourth-order valence-corrected chi connectivity index (χ4v) is 2.27. The predicted octanol–water partition coefficient (Wildman–Crippen LogP) is 4.74. The van der Waals surface area contributed by atoms with Crippen LogP contribution < -0.4 is 0 Å². The van der Waals surface area contributed by atoms with Crippen LogP contribution in [0.3, 0.4) is 0 Å². The monoisotopic (exact) mass is 258 g/mol. The molecule has 96 valence electrons. The summed E-state index contributed by atoms with van der Waals surface area (Å²) in [4.78, 5) is 12.3. The van der Waals surface area contributed by atoms with Crippen LogP contribution in [0.4, 0.5) is 0 Å². The quantitative estimate of drug-likeness (QED) is 0.490. The molecule has 3 aromatic rings. The smallest absolute Gasteiger partial charge is 0.186 e. The van der Waals surface area contributed by atoms with Crippen molar-refractivity contribution in [1.29, 1.82) is 0 Å². The lowest BCUT2D eigenvalue weighted by Gasteiger charge is -2.02. The number of carbonyl (C=O) groups excluding carboxylic acids is 1. The van der Waals surface area contributed by atoms with E-state index in [1.54, 1.807) is 6.08 Å². The Bertz CT molecular complexity index is 765. The van der Waals surface area contributed by atoms with E-state index in [1.165, 1.54) is 0 Å². The van der Waals surface area contributed by atoms with Crippen molar-refractivity contribution in [3.8, 4) is 0 Å². The van der Waals surface area contributed by atoms with Crippen molar-refractivity contribution in [3.05, 3.63) is 90.0 Å². The molecule has 20 heavy (non-hydrogen) atoms. The van der Waals surface area contributed by atoms with Crippen molar-refractivity contribution in [3.63, 3.8) is 0 Å². The Morgan fingerprint density at radius 3 is 2.30 bits per heavy atom. The average molecular weight is 258 g/mol. The molecule has 0 atom stereocenters. The zero-order valence-electron chi connectivity index (χ0n) is 11.0. The van der Waals surface area contributed by atoms with Gasteiger partial charge in [-0.2, -0.15) is 0 Å². The number of allylic oxidation sites excluding steroid dienone is 1.